The van der Waals surface area contributed by atoms with Gasteiger partial charge < -0.3 is 25.8 Å². The van der Waals surface area contributed by atoms with E-state index in [-0.39, 0.29) is 35.4 Å². The van der Waals surface area contributed by atoms with Crippen LogP contribution in [0.15, 0.2) is 65.7 Å². The lowest BCUT2D eigenvalue weighted by atomic mass is 9.91. The topological polar surface area (TPSA) is 153 Å². The van der Waals surface area contributed by atoms with E-state index in [9.17, 15) is 14.4 Å². The Bertz CT molecular complexity index is 2160. The van der Waals surface area contributed by atoms with Gasteiger partial charge in [0.2, 0.25) is 5.91 Å². The smallest absolute Gasteiger partial charge is 0.269 e. The molecule has 13 heteroatoms. The number of nitrogens with zero attached hydrogens (tertiary/aromatic N) is 6. The molecule has 4 N–H and O–H groups in total. The number of aromatic amines is 1. The van der Waals surface area contributed by atoms with Crippen LogP contribution < -0.4 is 26.4 Å². The summed E-state index contributed by atoms with van der Waals surface area (Å²) in [4.78, 5) is 54.3. The molecule has 250 valence electrons. The highest BCUT2D eigenvalue weighted by Crippen LogP contribution is 2.50. The van der Waals surface area contributed by atoms with Gasteiger partial charge >= 0.3 is 0 Å². The number of fused-ring (bicyclic) bond motifs is 4. The minimum absolute atomic E-state index is 0.0244. The number of likely N-dealkylation sites (tertiary alicyclic amines) is 1. The third-order valence-corrected chi connectivity index (χ3v) is 9.82. The number of hydrogen-bond donors (Lipinski definition) is 4. The molecule has 1 aliphatic carbocycles. The van der Waals surface area contributed by atoms with Crippen molar-refractivity contribution in [2.45, 2.75) is 44.8 Å². The molecule has 0 bridgehead atoms. The largest absolute Gasteiger partial charge is 0.364 e. The molecule has 1 aromatic carbocycles. The third kappa shape index (κ3) is 5.49. The van der Waals surface area contributed by atoms with Crippen molar-refractivity contribution in [1.82, 2.24) is 34.9 Å². The molecule has 2 amide bonds. The van der Waals surface area contributed by atoms with Crippen LogP contribution in [0, 0.1) is 5.92 Å². The molecule has 3 aliphatic rings. The molecule has 5 aromatic rings. The van der Waals surface area contributed by atoms with Crippen molar-refractivity contribution in [3.8, 4) is 11.1 Å². The average molecular weight is 659 g/mol. The molecule has 0 spiro atoms. The molecule has 0 radical (unpaired) electrons. The van der Waals surface area contributed by atoms with E-state index in [1.165, 1.54) is 5.69 Å². The number of anilines is 4. The molecule has 1 saturated heterocycles. The number of para-hydroxylation sites is 1. The van der Waals surface area contributed by atoms with Crippen molar-refractivity contribution in [3.05, 3.63) is 88.4 Å². The zero-order valence-electron chi connectivity index (χ0n) is 27.7. The second kappa shape index (κ2) is 12.2. The maximum Gasteiger partial charge on any atom is 0.269 e. The fourth-order valence-corrected chi connectivity index (χ4v) is 7.20. The van der Waals surface area contributed by atoms with E-state index in [1.54, 1.807) is 31.4 Å². The van der Waals surface area contributed by atoms with Crippen molar-refractivity contribution >= 4 is 45.6 Å². The van der Waals surface area contributed by atoms with Gasteiger partial charge in [-0.2, -0.15) is 5.10 Å². The monoisotopic (exact) mass is 658 g/mol. The molecule has 2 fully saturated rings. The fraction of sp³-hybridized carbons (Fsp3) is 0.333. The first-order chi connectivity index (χ1) is 23.8. The molecule has 13 nitrogen and oxygen atoms in total. The first-order valence-electron chi connectivity index (χ1n) is 16.8. The van der Waals surface area contributed by atoms with E-state index in [4.69, 9.17) is 5.10 Å². The van der Waals surface area contributed by atoms with Crippen molar-refractivity contribution in [3.63, 3.8) is 0 Å². The van der Waals surface area contributed by atoms with Crippen LogP contribution in [0.4, 0.5) is 22.9 Å². The highest BCUT2D eigenvalue weighted by Gasteiger charge is 2.38. The summed E-state index contributed by atoms with van der Waals surface area (Å²) < 4.78 is 2.19. The molecule has 8 rings (SSSR count). The van der Waals surface area contributed by atoms with E-state index in [0.29, 0.717) is 34.6 Å². The second-order valence-electron chi connectivity index (χ2n) is 13.1. The van der Waals surface area contributed by atoms with Gasteiger partial charge in [-0.05, 0) is 43.5 Å². The molecule has 1 saturated carbocycles. The Labute approximate surface area is 282 Å². The molecule has 6 heterocycles. The van der Waals surface area contributed by atoms with E-state index in [0.717, 1.165) is 60.5 Å². The van der Waals surface area contributed by atoms with Crippen LogP contribution in [0.3, 0.4) is 0 Å². The van der Waals surface area contributed by atoms with E-state index >= 15 is 0 Å². The van der Waals surface area contributed by atoms with Gasteiger partial charge in [0.1, 0.15) is 11.5 Å². The van der Waals surface area contributed by atoms with Crippen molar-refractivity contribution < 1.29 is 9.59 Å². The number of carbonyl (C=O) groups excluding carboxylic acids is 2. The number of carbonyl (C=O) groups is 2. The Morgan fingerprint density at radius 3 is 2.61 bits per heavy atom. The molecular formula is C36H38N10O3. The molecular weight excluding hydrogens is 620 g/mol. The first kappa shape index (κ1) is 30.8. The van der Waals surface area contributed by atoms with Crippen LogP contribution in [0.2, 0.25) is 0 Å². The van der Waals surface area contributed by atoms with Crippen molar-refractivity contribution in [2.24, 2.45) is 5.92 Å². The lowest BCUT2D eigenvalue weighted by molar-refractivity contribution is -0.117. The zero-order chi connectivity index (χ0) is 33.8. The van der Waals surface area contributed by atoms with Gasteiger partial charge in [-0.15, -0.1) is 0 Å². The Morgan fingerprint density at radius 1 is 1.02 bits per heavy atom. The maximum atomic E-state index is 13.1. The molecule has 2 aliphatic heterocycles. The van der Waals surface area contributed by atoms with Gasteiger partial charge in [0, 0.05) is 63.0 Å². The van der Waals surface area contributed by atoms with Gasteiger partial charge in [0.15, 0.2) is 0 Å². The summed E-state index contributed by atoms with van der Waals surface area (Å²) in [5.41, 5.74) is 7.29. The predicted molar refractivity (Wildman–Crippen MR) is 188 cm³/mol. The highest BCUT2D eigenvalue weighted by molar-refractivity contribution is 6.01. The third-order valence-electron chi connectivity index (χ3n) is 9.82. The Balaban J connectivity index is 1.09. The Hall–Kier alpha value is -5.56. The minimum Gasteiger partial charge on any atom is -0.364 e. The quantitative estimate of drug-likeness (QED) is 0.178. The molecule has 0 unspecified atom stereocenters. The number of H-pyrrole nitrogens is 1. The number of hydrogen-bond acceptors (Lipinski definition) is 9. The Morgan fingerprint density at radius 2 is 1.84 bits per heavy atom. The SMILES string of the molecule is CC[C@H]1c2c(cnn2C2CN(Cc3cccc(C(=O)NC)n3)C2)-c2cccc(Nc3cc(NC(=O)C4CC4)nc4cc[nH]c(=O)c34)c2N1C. The molecule has 1 atom stereocenters. The van der Waals surface area contributed by atoms with E-state index in [1.807, 2.05) is 30.5 Å². The molecule has 4 aromatic heterocycles. The summed E-state index contributed by atoms with van der Waals surface area (Å²) in [6.07, 6.45) is 6.18. The normalized spacial score (nSPS) is 17.3. The van der Waals surface area contributed by atoms with Crippen LogP contribution in [0.25, 0.3) is 22.0 Å². The van der Waals surface area contributed by atoms with Crippen molar-refractivity contribution in [2.75, 3.05) is 42.7 Å². The summed E-state index contributed by atoms with van der Waals surface area (Å²) in [5, 5.41) is 14.5. The first-order valence-corrected chi connectivity index (χ1v) is 16.8. The Kier molecular flexibility index (Phi) is 7.63. The van der Waals surface area contributed by atoms with Crippen LogP contribution in [-0.4, -0.2) is 68.6 Å². The van der Waals surface area contributed by atoms with Gasteiger partial charge in [0.05, 0.1) is 57.6 Å². The van der Waals surface area contributed by atoms with Crippen LogP contribution >= 0.6 is 0 Å². The highest BCUT2D eigenvalue weighted by atomic mass is 16.2. The summed E-state index contributed by atoms with van der Waals surface area (Å²) in [6, 6.07) is 15.5. The molecule has 49 heavy (non-hydrogen) atoms. The average Bonchev–Trinajstić information content (AvgIpc) is 3.86. The van der Waals surface area contributed by atoms with Gasteiger partial charge in [-0.25, -0.2) is 9.97 Å². The summed E-state index contributed by atoms with van der Waals surface area (Å²) in [5.74, 6) is 0.201. The number of nitrogens with one attached hydrogen (secondary N) is 4. The number of rotatable bonds is 9. The lowest BCUT2D eigenvalue weighted by Gasteiger charge is -2.43. The number of pyridine rings is 3. The standard InChI is InChI=1S/C36H38N10O3/c1-4-29-33-24(16-39-46(33)22-18-45(19-22)17-21-7-5-10-27(40-21)35(48)37-2)23-8-6-9-26(32(23)44(29)3)41-28-15-30(43-34(47)20-11-12-20)42-25-13-14-38-36(49)31(25)28/h5-10,13-16,20,22,29H,4,11-12,17-19H2,1-3H3,(H,37,48)(H,38,49)(H2,41,42,43,47)/t29-/m0/s1. The summed E-state index contributed by atoms with van der Waals surface area (Å²) >= 11 is 0. The fourth-order valence-electron chi connectivity index (χ4n) is 7.20. The van der Waals surface area contributed by atoms with E-state index in [2.05, 4.69) is 65.4 Å². The minimum atomic E-state index is -0.259. The van der Waals surface area contributed by atoms with Crippen LogP contribution in [0.1, 0.15) is 60.1 Å². The van der Waals surface area contributed by atoms with Crippen molar-refractivity contribution in [1.29, 1.82) is 0 Å². The van der Waals surface area contributed by atoms with Crippen LogP contribution in [0.5, 0.6) is 0 Å². The van der Waals surface area contributed by atoms with Crippen LogP contribution in [-0.2, 0) is 11.3 Å². The zero-order valence-corrected chi connectivity index (χ0v) is 27.7. The predicted octanol–water partition coefficient (Wildman–Crippen LogP) is 4.59. The maximum absolute atomic E-state index is 13.1. The second-order valence-corrected chi connectivity index (χ2v) is 13.1. The number of benzene rings is 1. The number of aromatic nitrogens is 5. The summed E-state index contributed by atoms with van der Waals surface area (Å²) in [6.45, 7) is 4.51. The van der Waals surface area contributed by atoms with Gasteiger partial charge in [-0.3, -0.25) is 24.0 Å². The summed E-state index contributed by atoms with van der Waals surface area (Å²) in [7, 11) is 3.71. The van der Waals surface area contributed by atoms with E-state index < -0.39 is 0 Å². The number of amides is 2. The van der Waals surface area contributed by atoms with Gasteiger partial charge in [-0.1, -0.05) is 25.1 Å². The lowest BCUT2D eigenvalue weighted by Crippen LogP contribution is -2.48. The van der Waals surface area contributed by atoms with Gasteiger partial charge in [0.25, 0.3) is 11.5 Å².